The van der Waals surface area contributed by atoms with Gasteiger partial charge < -0.3 is 0 Å². The zero-order valence-electron chi connectivity index (χ0n) is 21.9. The molecule has 0 bridgehead atoms. The summed E-state index contributed by atoms with van der Waals surface area (Å²) in [5.74, 6) is 1.75. The standard InChI is InChI=1S/C33H24N8/c1-5-13-25(14-6-1)38-29-30(35-22-21-34-29)39(26-15-7-2-8-16-26)33(38)40(27-17-9-3-10-18-27)31-32(37-24-23-36-31)41(33)28-19-11-4-12-20-28/h1-24H. The Kier molecular flexibility index (Phi) is 5.18. The van der Waals surface area contributed by atoms with Gasteiger partial charge in [-0.05, 0) is 48.5 Å². The fourth-order valence-corrected chi connectivity index (χ4v) is 5.94. The first kappa shape index (κ1) is 23.2. The number of nitrogens with zero attached hydrogens (tertiary/aromatic N) is 8. The summed E-state index contributed by atoms with van der Waals surface area (Å²) in [6.07, 6.45) is 6.98. The number of para-hydroxylation sites is 4. The monoisotopic (exact) mass is 532 g/mol. The molecule has 2 aliphatic rings. The van der Waals surface area contributed by atoms with Crippen molar-refractivity contribution in [1.82, 2.24) is 19.9 Å². The van der Waals surface area contributed by atoms with Gasteiger partial charge in [0.15, 0.2) is 23.3 Å². The molecule has 4 aromatic carbocycles. The highest BCUT2D eigenvalue weighted by Gasteiger charge is 2.67. The summed E-state index contributed by atoms with van der Waals surface area (Å²) in [6, 6.07) is 41.3. The lowest BCUT2D eigenvalue weighted by molar-refractivity contribution is 0.474. The molecule has 0 fully saturated rings. The SMILES string of the molecule is c1ccc(N2c3nccnc3N(c3ccccc3)C23N(c2ccccc2)c2nccnc2N3c2ccccc2)cc1. The first-order chi connectivity index (χ1) is 20.4. The second-order valence-electron chi connectivity index (χ2n) is 9.69. The van der Waals surface area contributed by atoms with Crippen molar-refractivity contribution in [3.05, 3.63) is 146 Å². The van der Waals surface area contributed by atoms with Crippen LogP contribution in [0, 0.1) is 0 Å². The molecule has 6 aromatic rings. The minimum absolute atomic E-state index is 0.720. The largest absolute Gasteiger partial charge is 0.300 e. The van der Waals surface area contributed by atoms with E-state index >= 15 is 0 Å². The van der Waals surface area contributed by atoms with E-state index in [1.54, 1.807) is 24.8 Å². The lowest BCUT2D eigenvalue weighted by Gasteiger charge is -2.51. The molecule has 0 atom stereocenters. The van der Waals surface area contributed by atoms with E-state index in [4.69, 9.17) is 19.9 Å². The summed E-state index contributed by atoms with van der Waals surface area (Å²) < 4.78 is 0. The fourth-order valence-electron chi connectivity index (χ4n) is 5.94. The summed E-state index contributed by atoms with van der Waals surface area (Å²) in [5, 5.41) is 0. The van der Waals surface area contributed by atoms with Crippen LogP contribution in [0.25, 0.3) is 0 Å². The predicted octanol–water partition coefficient (Wildman–Crippen LogP) is 7.16. The first-order valence-electron chi connectivity index (χ1n) is 13.4. The van der Waals surface area contributed by atoms with Crippen molar-refractivity contribution in [2.75, 3.05) is 19.6 Å². The third kappa shape index (κ3) is 3.28. The van der Waals surface area contributed by atoms with Gasteiger partial charge in [0.25, 0.3) is 0 Å². The highest BCUT2D eigenvalue weighted by atomic mass is 15.8. The molecule has 0 saturated heterocycles. The van der Waals surface area contributed by atoms with E-state index in [0.717, 1.165) is 46.0 Å². The molecule has 1 spiro atoms. The van der Waals surface area contributed by atoms with E-state index < -0.39 is 5.91 Å². The maximum absolute atomic E-state index is 4.96. The van der Waals surface area contributed by atoms with Gasteiger partial charge in [-0.3, -0.25) is 19.6 Å². The molecule has 196 valence electrons. The summed E-state index contributed by atoms with van der Waals surface area (Å²) in [6.45, 7) is 0. The van der Waals surface area contributed by atoms with Gasteiger partial charge in [0.2, 0.25) is 0 Å². The Morgan fingerprint density at radius 2 is 0.537 bits per heavy atom. The molecule has 0 N–H and O–H groups in total. The maximum atomic E-state index is 4.96. The van der Waals surface area contributed by atoms with Crippen molar-refractivity contribution < 1.29 is 0 Å². The van der Waals surface area contributed by atoms with E-state index in [9.17, 15) is 0 Å². The number of hydrogen-bond donors (Lipinski definition) is 0. The molecule has 0 saturated carbocycles. The highest BCUT2D eigenvalue weighted by Crippen LogP contribution is 2.62. The Morgan fingerprint density at radius 1 is 0.317 bits per heavy atom. The number of benzene rings is 4. The van der Waals surface area contributed by atoms with Crippen molar-refractivity contribution in [2.45, 2.75) is 5.91 Å². The van der Waals surface area contributed by atoms with Crippen LogP contribution < -0.4 is 19.6 Å². The summed E-state index contributed by atoms with van der Waals surface area (Å²) in [5.41, 5.74) is 3.79. The molecule has 0 radical (unpaired) electrons. The summed E-state index contributed by atoms with van der Waals surface area (Å²) >= 11 is 0. The fraction of sp³-hybridized carbons (Fsp3) is 0.0303. The van der Waals surface area contributed by atoms with Crippen LogP contribution in [-0.4, -0.2) is 25.8 Å². The molecule has 0 aliphatic carbocycles. The van der Waals surface area contributed by atoms with Gasteiger partial charge in [-0.1, -0.05) is 72.8 Å². The van der Waals surface area contributed by atoms with Crippen molar-refractivity contribution in [2.24, 2.45) is 0 Å². The van der Waals surface area contributed by atoms with E-state index in [1.165, 1.54) is 0 Å². The van der Waals surface area contributed by atoms with Gasteiger partial charge >= 0.3 is 5.91 Å². The second-order valence-corrected chi connectivity index (χ2v) is 9.69. The Hall–Kier alpha value is -5.76. The Balaban J connectivity index is 1.57. The molecule has 41 heavy (non-hydrogen) atoms. The molecular formula is C33H24N8. The van der Waals surface area contributed by atoms with Crippen molar-refractivity contribution >= 4 is 46.0 Å². The topological polar surface area (TPSA) is 64.5 Å². The number of hydrogen-bond acceptors (Lipinski definition) is 8. The van der Waals surface area contributed by atoms with Crippen LogP contribution in [0.3, 0.4) is 0 Å². The van der Waals surface area contributed by atoms with Crippen LogP contribution in [-0.2, 0) is 0 Å². The zero-order valence-corrected chi connectivity index (χ0v) is 21.9. The van der Waals surface area contributed by atoms with E-state index in [0.29, 0.717) is 0 Å². The normalized spacial score (nSPS) is 14.8. The highest BCUT2D eigenvalue weighted by molar-refractivity contribution is 5.98. The van der Waals surface area contributed by atoms with E-state index in [2.05, 4.69) is 68.1 Å². The summed E-state index contributed by atoms with van der Waals surface area (Å²) in [7, 11) is 0. The average molecular weight is 533 g/mol. The van der Waals surface area contributed by atoms with Gasteiger partial charge in [0, 0.05) is 47.5 Å². The van der Waals surface area contributed by atoms with Gasteiger partial charge in [0.05, 0.1) is 0 Å². The lowest BCUT2D eigenvalue weighted by atomic mass is 10.2. The van der Waals surface area contributed by atoms with E-state index in [1.807, 2.05) is 72.8 Å². The molecule has 8 heteroatoms. The van der Waals surface area contributed by atoms with Crippen molar-refractivity contribution in [3.63, 3.8) is 0 Å². The predicted molar refractivity (Wildman–Crippen MR) is 161 cm³/mol. The molecular weight excluding hydrogens is 508 g/mol. The quantitative estimate of drug-likeness (QED) is 0.237. The smallest absolute Gasteiger partial charge is 0.262 e. The van der Waals surface area contributed by atoms with Gasteiger partial charge in [-0.25, -0.2) is 19.9 Å². The Morgan fingerprint density at radius 3 is 0.756 bits per heavy atom. The van der Waals surface area contributed by atoms with Crippen LogP contribution in [0.2, 0.25) is 0 Å². The van der Waals surface area contributed by atoms with Gasteiger partial charge in [0.1, 0.15) is 0 Å². The first-order valence-corrected chi connectivity index (χ1v) is 13.4. The third-order valence-electron chi connectivity index (χ3n) is 7.43. The second kappa shape index (κ2) is 9.17. The van der Waals surface area contributed by atoms with E-state index in [-0.39, 0.29) is 0 Å². The number of anilines is 8. The Bertz CT molecular complexity index is 1540. The molecule has 8 nitrogen and oxygen atoms in total. The van der Waals surface area contributed by atoms with Crippen molar-refractivity contribution in [3.8, 4) is 0 Å². The lowest BCUT2D eigenvalue weighted by Crippen LogP contribution is -2.70. The minimum Gasteiger partial charge on any atom is -0.262 e. The van der Waals surface area contributed by atoms with Crippen LogP contribution in [0.4, 0.5) is 46.0 Å². The van der Waals surface area contributed by atoms with Gasteiger partial charge in [-0.15, -0.1) is 0 Å². The van der Waals surface area contributed by atoms with Crippen molar-refractivity contribution in [1.29, 1.82) is 0 Å². The minimum atomic E-state index is -1.13. The van der Waals surface area contributed by atoms with Gasteiger partial charge in [-0.2, -0.15) is 0 Å². The number of aromatic nitrogens is 4. The molecule has 4 heterocycles. The molecule has 0 amide bonds. The van der Waals surface area contributed by atoms with Crippen LogP contribution in [0.5, 0.6) is 0 Å². The zero-order chi connectivity index (χ0) is 27.2. The number of rotatable bonds is 4. The number of fused-ring (bicyclic) bond motifs is 2. The average Bonchev–Trinajstić information content (AvgIpc) is 3.51. The maximum Gasteiger partial charge on any atom is 0.300 e. The molecule has 0 unspecified atom stereocenters. The van der Waals surface area contributed by atoms with Crippen LogP contribution >= 0.6 is 0 Å². The van der Waals surface area contributed by atoms with Crippen LogP contribution in [0.1, 0.15) is 0 Å². The van der Waals surface area contributed by atoms with Crippen LogP contribution in [0.15, 0.2) is 146 Å². The molecule has 2 aromatic heterocycles. The molecule has 2 aliphatic heterocycles. The third-order valence-corrected chi connectivity index (χ3v) is 7.43. The summed E-state index contributed by atoms with van der Waals surface area (Å²) in [4.78, 5) is 28.8. The Labute approximate surface area is 237 Å². The molecule has 8 rings (SSSR count).